The van der Waals surface area contributed by atoms with Gasteiger partial charge in [-0.05, 0) is 18.2 Å². The maximum absolute atomic E-state index is 9.33. The van der Waals surface area contributed by atoms with E-state index < -0.39 is 0 Å². The monoisotopic (exact) mass is 181 g/mol. The van der Waals surface area contributed by atoms with Gasteiger partial charge >= 0.3 is 0 Å². The summed E-state index contributed by atoms with van der Waals surface area (Å²) < 4.78 is 0. The number of nitrogens with zero attached hydrogens (tertiary/aromatic N) is 1. The van der Waals surface area contributed by atoms with E-state index in [4.69, 9.17) is 0 Å². The number of aromatic nitrogens is 1. The molecule has 3 heteroatoms. The van der Waals surface area contributed by atoms with Crippen molar-refractivity contribution < 1.29 is 5.11 Å². The number of aromatic hydroxyl groups is 1. The second-order valence-corrected chi connectivity index (χ2v) is 2.35. The summed E-state index contributed by atoms with van der Waals surface area (Å²) in [7, 11) is 0. The minimum absolute atomic E-state index is 0. The number of para-hydroxylation sites is 1. The van der Waals surface area contributed by atoms with Gasteiger partial charge in [0.15, 0.2) is 0 Å². The zero-order valence-electron chi connectivity index (χ0n) is 6.27. The van der Waals surface area contributed by atoms with Crippen LogP contribution in [0.4, 0.5) is 0 Å². The molecular weight excluding hydrogens is 174 g/mol. The van der Waals surface area contributed by atoms with Crippen molar-refractivity contribution in [1.82, 2.24) is 4.98 Å². The van der Waals surface area contributed by atoms with Gasteiger partial charge in [-0.1, -0.05) is 12.1 Å². The number of benzene rings is 1. The Balaban J connectivity index is 0.000000720. The van der Waals surface area contributed by atoms with Crippen molar-refractivity contribution >= 4 is 23.3 Å². The van der Waals surface area contributed by atoms with Crippen molar-refractivity contribution in [2.45, 2.75) is 0 Å². The molecule has 0 bridgehead atoms. The SMILES string of the molecule is Cl.Oc1ccnc2ccccc12. The summed E-state index contributed by atoms with van der Waals surface area (Å²) in [6, 6.07) is 9.08. The number of hydrogen-bond acceptors (Lipinski definition) is 2. The molecule has 62 valence electrons. The summed E-state index contributed by atoms with van der Waals surface area (Å²) >= 11 is 0. The first-order valence-electron chi connectivity index (χ1n) is 3.40. The molecule has 0 fully saturated rings. The van der Waals surface area contributed by atoms with Crippen LogP contribution in [0.5, 0.6) is 5.75 Å². The molecule has 0 aliphatic heterocycles. The van der Waals surface area contributed by atoms with E-state index in [1.165, 1.54) is 0 Å². The summed E-state index contributed by atoms with van der Waals surface area (Å²) in [5.74, 6) is 0.288. The summed E-state index contributed by atoms with van der Waals surface area (Å²) in [5, 5.41) is 10.1. The summed E-state index contributed by atoms with van der Waals surface area (Å²) in [6.45, 7) is 0. The van der Waals surface area contributed by atoms with Gasteiger partial charge < -0.3 is 5.11 Å². The molecule has 2 rings (SSSR count). The molecule has 12 heavy (non-hydrogen) atoms. The summed E-state index contributed by atoms with van der Waals surface area (Å²) in [6.07, 6.45) is 1.59. The van der Waals surface area contributed by atoms with Crippen LogP contribution in [0.1, 0.15) is 0 Å². The van der Waals surface area contributed by atoms with Crippen LogP contribution >= 0.6 is 12.4 Å². The molecule has 0 aliphatic carbocycles. The quantitative estimate of drug-likeness (QED) is 0.677. The molecule has 0 saturated heterocycles. The molecular formula is C9H8ClNO. The zero-order valence-corrected chi connectivity index (χ0v) is 7.08. The van der Waals surface area contributed by atoms with Crippen molar-refractivity contribution in [3.05, 3.63) is 36.5 Å². The Labute approximate surface area is 76.3 Å². The predicted octanol–water partition coefficient (Wildman–Crippen LogP) is 2.36. The zero-order chi connectivity index (χ0) is 7.68. The van der Waals surface area contributed by atoms with Crippen molar-refractivity contribution in [3.8, 4) is 5.75 Å². The highest BCUT2D eigenvalue weighted by atomic mass is 35.5. The van der Waals surface area contributed by atoms with Crippen LogP contribution in [0.2, 0.25) is 0 Å². The van der Waals surface area contributed by atoms with Gasteiger partial charge in [0.1, 0.15) is 5.75 Å². The lowest BCUT2D eigenvalue weighted by Crippen LogP contribution is -1.76. The highest BCUT2D eigenvalue weighted by molar-refractivity contribution is 5.85. The third kappa shape index (κ3) is 1.34. The first-order valence-corrected chi connectivity index (χ1v) is 3.40. The molecule has 1 heterocycles. The van der Waals surface area contributed by atoms with E-state index in [0.29, 0.717) is 0 Å². The molecule has 1 N–H and O–H groups in total. The van der Waals surface area contributed by atoms with E-state index in [9.17, 15) is 5.11 Å². The first-order chi connectivity index (χ1) is 5.38. The Bertz CT molecular complexity index is 384. The highest BCUT2D eigenvalue weighted by Crippen LogP contribution is 2.20. The van der Waals surface area contributed by atoms with Gasteiger partial charge in [-0.2, -0.15) is 0 Å². The second-order valence-electron chi connectivity index (χ2n) is 2.35. The standard InChI is InChI=1S/C9H7NO.ClH/c11-9-5-6-10-8-4-2-1-3-7(8)9;/h1-6H,(H,10,11);1H. The van der Waals surface area contributed by atoms with E-state index >= 15 is 0 Å². The molecule has 0 amide bonds. The largest absolute Gasteiger partial charge is 0.507 e. The Hall–Kier alpha value is -1.28. The minimum Gasteiger partial charge on any atom is -0.507 e. The molecule has 1 aromatic heterocycles. The van der Waals surface area contributed by atoms with Crippen LogP contribution in [0.15, 0.2) is 36.5 Å². The Kier molecular flexibility index (Phi) is 2.51. The van der Waals surface area contributed by atoms with E-state index in [1.807, 2.05) is 24.3 Å². The van der Waals surface area contributed by atoms with Crippen molar-refractivity contribution in [2.75, 3.05) is 0 Å². The maximum Gasteiger partial charge on any atom is 0.126 e. The predicted molar refractivity (Wildman–Crippen MR) is 50.7 cm³/mol. The molecule has 0 saturated carbocycles. The van der Waals surface area contributed by atoms with E-state index in [-0.39, 0.29) is 18.2 Å². The minimum atomic E-state index is 0. The molecule has 2 aromatic rings. The number of halogens is 1. The van der Waals surface area contributed by atoms with E-state index in [0.717, 1.165) is 10.9 Å². The molecule has 0 spiro atoms. The number of pyridine rings is 1. The fraction of sp³-hybridized carbons (Fsp3) is 0. The normalized spacial score (nSPS) is 9.33. The van der Waals surface area contributed by atoms with Crippen LogP contribution in [0.25, 0.3) is 10.9 Å². The van der Waals surface area contributed by atoms with Gasteiger partial charge in [0.05, 0.1) is 5.52 Å². The van der Waals surface area contributed by atoms with Crippen LogP contribution in [0, 0.1) is 0 Å². The molecule has 1 aromatic carbocycles. The Morgan fingerprint density at radius 3 is 2.58 bits per heavy atom. The van der Waals surface area contributed by atoms with Gasteiger partial charge in [-0.3, -0.25) is 4.98 Å². The maximum atomic E-state index is 9.33. The molecule has 0 aliphatic rings. The Morgan fingerprint density at radius 1 is 1.08 bits per heavy atom. The van der Waals surface area contributed by atoms with Crippen LogP contribution < -0.4 is 0 Å². The Morgan fingerprint density at radius 2 is 1.83 bits per heavy atom. The van der Waals surface area contributed by atoms with Gasteiger partial charge in [0.25, 0.3) is 0 Å². The second kappa shape index (κ2) is 3.41. The average Bonchev–Trinajstić information content (AvgIpc) is 2.06. The van der Waals surface area contributed by atoms with Crippen molar-refractivity contribution in [1.29, 1.82) is 0 Å². The lowest BCUT2D eigenvalue weighted by molar-refractivity contribution is 0.481. The van der Waals surface area contributed by atoms with E-state index in [1.54, 1.807) is 12.3 Å². The van der Waals surface area contributed by atoms with Gasteiger partial charge in [-0.15, -0.1) is 12.4 Å². The fourth-order valence-corrected chi connectivity index (χ4v) is 1.08. The van der Waals surface area contributed by atoms with Crippen molar-refractivity contribution in [2.24, 2.45) is 0 Å². The lowest BCUT2D eigenvalue weighted by Gasteiger charge is -1.96. The number of rotatable bonds is 0. The average molecular weight is 182 g/mol. The van der Waals surface area contributed by atoms with Gasteiger partial charge in [0.2, 0.25) is 0 Å². The van der Waals surface area contributed by atoms with Gasteiger partial charge in [0, 0.05) is 11.6 Å². The third-order valence-corrected chi connectivity index (χ3v) is 1.63. The summed E-state index contributed by atoms with van der Waals surface area (Å²) in [5.41, 5.74) is 0.826. The smallest absolute Gasteiger partial charge is 0.126 e. The highest BCUT2D eigenvalue weighted by Gasteiger charge is 1.95. The van der Waals surface area contributed by atoms with Crippen LogP contribution in [0.3, 0.4) is 0 Å². The molecule has 2 nitrogen and oxygen atoms in total. The molecule has 0 atom stereocenters. The van der Waals surface area contributed by atoms with Crippen LogP contribution in [-0.2, 0) is 0 Å². The fourth-order valence-electron chi connectivity index (χ4n) is 1.08. The van der Waals surface area contributed by atoms with Gasteiger partial charge in [-0.25, -0.2) is 0 Å². The molecule has 0 radical (unpaired) electrons. The van der Waals surface area contributed by atoms with Crippen LogP contribution in [-0.4, -0.2) is 10.1 Å². The topological polar surface area (TPSA) is 33.1 Å². The summed E-state index contributed by atoms with van der Waals surface area (Å²) in [4.78, 5) is 4.08. The molecule has 0 unspecified atom stereocenters. The third-order valence-electron chi connectivity index (χ3n) is 1.63. The van der Waals surface area contributed by atoms with Crippen molar-refractivity contribution in [3.63, 3.8) is 0 Å². The van der Waals surface area contributed by atoms with E-state index in [2.05, 4.69) is 4.98 Å². The lowest BCUT2D eigenvalue weighted by atomic mass is 10.2. The number of fused-ring (bicyclic) bond motifs is 1. The number of hydrogen-bond donors (Lipinski definition) is 1. The first kappa shape index (κ1) is 8.81.